The minimum atomic E-state index is -0.669. The van der Waals surface area contributed by atoms with Crippen molar-refractivity contribution in [3.8, 4) is 0 Å². The number of amides is 1. The van der Waals surface area contributed by atoms with Crippen molar-refractivity contribution in [3.63, 3.8) is 0 Å². The highest BCUT2D eigenvalue weighted by Crippen LogP contribution is 2.03. The number of hydrogen-bond donors (Lipinski definition) is 3. The van der Waals surface area contributed by atoms with E-state index in [0.717, 1.165) is 5.56 Å². The van der Waals surface area contributed by atoms with Crippen LogP contribution in [0.15, 0.2) is 30.3 Å². The predicted octanol–water partition coefficient (Wildman–Crippen LogP) is 0.645. The average Bonchev–Trinajstić information content (AvgIpc) is 2.41. The van der Waals surface area contributed by atoms with Crippen LogP contribution in [0, 0.1) is 0 Å². The summed E-state index contributed by atoms with van der Waals surface area (Å²) in [5, 5.41) is 5.87. The number of nitrogens with one attached hydrogen (secondary N) is 2. The van der Waals surface area contributed by atoms with E-state index in [1.54, 1.807) is 20.9 Å². The number of rotatable bonds is 8. The van der Waals surface area contributed by atoms with Gasteiger partial charge in [0.15, 0.2) is 0 Å². The molecule has 0 aliphatic heterocycles. The summed E-state index contributed by atoms with van der Waals surface area (Å²) in [6.45, 7) is 4.41. The van der Waals surface area contributed by atoms with Crippen molar-refractivity contribution in [2.24, 2.45) is 5.73 Å². The molecule has 0 spiro atoms. The van der Waals surface area contributed by atoms with Gasteiger partial charge in [0.2, 0.25) is 5.91 Å². The van der Waals surface area contributed by atoms with Gasteiger partial charge < -0.3 is 21.1 Å². The number of ether oxygens (including phenoxy) is 1. The van der Waals surface area contributed by atoms with Crippen molar-refractivity contribution in [1.29, 1.82) is 0 Å². The average molecular weight is 279 g/mol. The topological polar surface area (TPSA) is 76.4 Å². The van der Waals surface area contributed by atoms with Crippen LogP contribution in [0.3, 0.4) is 0 Å². The highest BCUT2D eigenvalue weighted by molar-refractivity contribution is 5.82. The highest BCUT2D eigenvalue weighted by atomic mass is 16.5. The molecule has 0 aromatic heterocycles. The Bertz CT molecular complexity index is 401. The molecule has 4 N–H and O–H groups in total. The molecule has 0 heterocycles. The van der Waals surface area contributed by atoms with E-state index in [0.29, 0.717) is 19.6 Å². The van der Waals surface area contributed by atoms with Gasteiger partial charge in [-0.25, -0.2) is 0 Å². The minimum Gasteiger partial charge on any atom is -0.360 e. The molecule has 0 unspecified atom stereocenters. The van der Waals surface area contributed by atoms with Crippen LogP contribution < -0.4 is 16.4 Å². The molecule has 0 radical (unpaired) electrons. The quantitative estimate of drug-likeness (QED) is 0.482. The first-order chi connectivity index (χ1) is 9.42. The van der Waals surface area contributed by atoms with Gasteiger partial charge in [0, 0.05) is 6.54 Å². The summed E-state index contributed by atoms with van der Waals surface area (Å²) in [7, 11) is 1.78. The monoisotopic (exact) mass is 279 g/mol. The fourth-order valence-electron chi connectivity index (χ4n) is 1.79. The van der Waals surface area contributed by atoms with Gasteiger partial charge in [0.1, 0.15) is 5.72 Å². The summed E-state index contributed by atoms with van der Waals surface area (Å²) in [5.74, 6) is -0.0326. The molecule has 0 aliphatic rings. The zero-order valence-corrected chi connectivity index (χ0v) is 12.5. The van der Waals surface area contributed by atoms with E-state index in [-0.39, 0.29) is 11.9 Å². The Kier molecular flexibility index (Phi) is 6.64. The van der Waals surface area contributed by atoms with Crippen LogP contribution >= 0.6 is 0 Å². The lowest BCUT2D eigenvalue weighted by Gasteiger charge is -2.20. The van der Waals surface area contributed by atoms with Crippen LogP contribution in [0.1, 0.15) is 19.4 Å². The van der Waals surface area contributed by atoms with Gasteiger partial charge in [-0.2, -0.15) is 0 Å². The van der Waals surface area contributed by atoms with Crippen LogP contribution in [0.5, 0.6) is 0 Å². The van der Waals surface area contributed by atoms with Gasteiger partial charge in [-0.15, -0.1) is 0 Å². The Hall–Kier alpha value is -1.43. The van der Waals surface area contributed by atoms with Crippen molar-refractivity contribution < 1.29 is 9.53 Å². The first kappa shape index (κ1) is 16.6. The first-order valence-electron chi connectivity index (χ1n) is 6.84. The maximum Gasteiger partial charge on any atom is 0.237 e. The molecule has 5 nitrogen and oxygen atoms in total. The summed E-state index contributed by atoms with van der Waals surface area (Å²) >= 11 is 0. The van der Waals surface area contributed by atoms with Gasteiger partial charge in [0.25, 0.3) is 0 Å². The van der Waals surface area contributed by atoms with Crippen molar-refractivity contribution in [3.05, 3.63) is 35.9 Å². The lowest BCUT2D eigenvalue weighted by molar-refractivity contribution is -0.123. The lowest BCUT2D eigenvalue weighted by atomic mass is 10.1. The normalized spacial score (nSPS) is 13.0. The van der Waals surface area contributed by atoms with Crippen LogP contribution in [0.2, 0.25) is 0 Å². The number of benzene rings is 1. The smallest absolute Gasteiger partial charge is 0.237 e. The second-order valence-corrected chi connectivity index (χ2v) is 5.27. The Morgan fingerprint density at radius 2 is 2.00 bits per heavy atom. The molecule has 1 atom stereocenters. The molecule has 5 heteroatoms. The zero-order valence-electron chi connectivity index (χ0n) is 12.5. The molecule has 1 aromatic rings. The molecule has 0 saturated carbocycles. The van der Waals surface area contributed by atoms with Crippen LogP contribution in [0.4, 0.5) is 0 Å². The SMILES string of the molecule is CN[C@@H](Cc1ccccc1)C(=O)NCCOC(C)(C)N. The highest BCUT2D eigenvalue weighted by Gasteiger charge is 2.16. The molecule has 0 aliphatic carbocycles. The molecule has 112 valence electrons. The van der Waals surface area contributed by atoms with E-state index < -0.39 is 5.72 Å². The summed E-state index contributed by atoms with van der Waals surface area (Å²) in [6, 6.07) is 9.68. The van der Waals surface area contributed by atoms with Gasteiger partial charge in [-0.1, -0.05) is 30.3 Å². The Balaban J connectivity index is 2.36. The van der Waals surface area contributed by atoms with Gasteiger partial charge >= 0.3 is 0 Å². The number of likely N-dealkylation sites (N-methyl/N-ethyl adjacent to an activating group) is 1. The summed E-state index contributed by atoms with van der Waals surface area (Å²) in [5.41, 5.74) is 6.15. The molecule has 1 rings (SSSR count). The Morgan fingerprint density at radius 1 is 1.35 bits per heavy atom. The van der Waals surface area contributed by atoms with Crippen molar-refractivity contribution in [2.45, 2.75) is 32.0 Å². The molecule has 20 heavy (non-hydrogen) atoms. The molecular formula is C15H25N3O2. The Morgan fingerprint density at radius 3 is 2.55 bits per heavy atom. The fraction of sp³-hybridized carbons (Fsp3) is 0.533. The number of nitrogens with two attached hydrogens (primary N) is 1. The van der Waals surface area contributed by atoms with E-state index in [1.165, 1.54) is 0 Å². The first-order valence-corrected chi connectivity index (χ1v) is 6.84. The molecular weight excluding hydrogens is 254 g/mol. The van der Waals surface area contributed by atoms with Gasteiger partial charge in [0.05, 0.1) is 12.6 Å². The molecule has 0 saturated heterocycles. The molecule has 0 fully saturated rings. The largest absolute Gasteiger partial charge is 0.360 e. The van der Waals surface area contributed by atoms with Crippen molar-refractivity contribution in [2.75, 3.05) is 20.2 Å². The van der Waals surface area contributed by atoms with E-state index in [4.69, 9.17) is 10.5 Å². The summed E-state index contributed by atoms with van der Waals surface area (Å²) in [6.07, 6.45) is 0.659. The summed E-state index contributed by atoms with van der Waals surface area (Å²) in [4.78, 5) is 12.0. The van der Waals surface area contributed by atoms with E-state index >= 15 is 0 Å². The molecule has 0 bridgehead atoms. The van der Waals surface area contributed by atoms with Crippen molar-refractivity contribution in [1.82, 2.24) is 10.6 Å². The maximum absolute atomic E-state index is 12.0. The van der Waals surface area contributed by atoms with Gasteiger partial charge in [-0.3, -0.25) is 4.79 Å². The third-order valence-electron chi connectivity index (χ3n) is 2.82. The zero-order chi connectivity index (χ0) is 15.0. The van der Waals surface area contributed by atoms with Crippen LogP contribution in [0.25, 0.3) is 0 Å². The Labute approximate surface area is 120 Å². The number of hydrogen-bond acceptors (Lipinski definition) is 4. The molecule has 1 aromatic carbocycles. The maximum atomic E-state index is 12.0. The number of carbonyl (C=O) groups is 1. The third kappa shape index (κ3) is 6.65. The standard InChI is InChI=1S/C15H25N3O2/c1-15(2,16)20-10-9-18-14(19)13(17-3)11-12-7-5-4-6-8-12/h4-8,13,17H,9-11,16H2,1-3H3,(H,18,19)/t13-/m0/s1. The number of carbonyl (C=O) groups excluding carboxylic acids is 1. The van der Waals surface area contributed by atoms with Crippen LogP contribution in [-0.4, -0.2) is 37.9 Å². The van der Waals surface area contributed by atoms with E-state index in [2.05, 4.69) is 10.6 Å². The van der Waals surface area contributed by atoms with E-state index in [1.807, 2.05) is 30.3 Å². The second kappa shape index (κ2) is 7.99. The van der Waals surface area contributed by atoms with Gasteiger partial charge in [-0.05, 0) is 32.9 Å². The van der Waals surface area contributed by atoms with Crippen molar-refractivity contribution >= 4 is 5.91 Å². The second-order valence-electron chi connectivity index (χ2n) is 5.27. The van der Waals surface area contributed by atoms with E-state index in [9.17, 15) is 4.79 Å². The minimum absolute atomic E-state index is 0.0326. The lowest BCUT2D eigenvalue weighted by Crippen LogP contribution is -2.46. The summed E-state index contributed by atoms with van der Waals surface area (Å²) < 4.78 is 5.35. The van der Waals surface area contributed by atoms with Crippen LogP contribution in [-0.2, 0) is 16.0 Å². The fourth-order valence-corrected chi connectivity index (χ4v) is 1.79. The third-order valence-corrected chi connectivity index (χ3v) is 2.82. The predicted molar refractivity (Wildman–Crippen MR) is 80.2 cm³/mol. The molecule has 1 amide bonds.